The number of carbonyl (C=O) groups is 2. The number of esters is 1. The van der Waals surface area contributed by atoms with Gasteiger partial charge >= 0.3 is 5.97 Å². The zero-order valence-electron chi connectivity index (χ0n) is 21.9. The van der Waals surface area contributed by atoms with Gasteiger partial charge in [0, 0.05) is 29.6 Å². The number of aromatic nitrogens is 1. The highest BCUT2D eigenvalue weighted by atomic mass is 32.1. The van der Waals surface area contributed by atoms with Gasteiger partial charge in [0.25, 0.3) is 0 Å². The van der Waals surface area contributed by atoms with E-state index < -0.39 is 23.5 Å². The quantitative estimate of drug-likeness (QED) is 0.494. The number of nitrogens with zero attached hydrogens (tertiary/aromatic N) is 1. The summed E-state index contributed by atoms with van der Waals surface area (Å²) in [6.07, 6.45) is 8.34. The number of cyclic esters (lactones) is 1. The van der Waals surface area contributed by atoms with Crippen LogP contribution in [0.1, 0.15) is 78.4 Å². The number of Topliss-reactive ketones (excluding diaryl/α,β-unsaturated/α-hetero) is 1. The van der Waals surface area contributed by atoms with E-state index in [1.807, 2.05) is 72.1 Å². The van der Waals surface area contributed by atoms with E-state index in [2.05, 4.69) is 11.1 Å². The number of rotatable bonds is 2. The molecule has 0 aliphatic carbocycles. The highest BCUT2D eigenvalue weighted by Gasteiger charge is 2.40. The maximum absolute atomic E-state index is 13.3. The van der Waals surface area contributed by atoms with Crippen molar-refractivity contribution >= 4 is 29.2 Å². The van der Waals surface area contributed by atoms with Gasteiger partial charge in [-0.3, -0.25) is 9.59 Å². The molecule has 34 heavy (non-hydrogen) atoms. The van der Waals surface area contributed by atoms with Crippen LogP contribution in [0.2, 0.25) is 0 Å². The number of allylic oxidation sites excluding steroid dienone is 3. The second kappa shape index (κ2) is 12.1. The van der Waals surface area contributed by atoms with Gasteiger partial charge in [-0.1, -0.05) is 58.4 Å². The number of hydrogen-bond donors (Lipinski definition) is 1. The molecule has 0 spiro atoms. The number of aryl methyl sites for hydroxylation is 1. The molecule has 0 bridgehead atoms. The Kier molecular flexibility index (Phi) is 10.0. The maximum atomic E-state index is 13.3. The van der Waals surface area contributed by atoms with Crippen LogP contribution in [-0.4, -0.2) is 34.1 Å². The predicted octanol–water partition coefficient (Wildman–Crippen LogP) is 6.32. The summed E-state index contributed by atoms with van der Waals surface area (Å²) in [5, 5.41) is 13.8. The molecule has 5 atom stereocenters. The van der Waals surface area contributed by atoms with Crippen LogP contribution in [0.15, 0.2) is 34.8 Å². The molecular formula is C28H41NO4S. The third-order valence-corrected chi connectivity index (χ3v) is 7.98. The molecule has 0 radical (unpaired) electrons. The summed E-state index contributed by atoms with van der Waals surface area (Å²) in [6.45, 7) is 15.3. The SMILES string of the molecule is CC1=C/C[C@@H](/C(C)=C/c2csc(C)n2)OC(=O)C[C@H](C)C(C)(C)C(=O)[C@H](C)[C@@H](O)[C@@H](C)C\C=C\1. The molecule has 0 saturated carbocycles. The first-order valence-corrected chi connectivity index (χ1v) is 13.1. The average Bonchev–Trinajstić information content (AvgIpc) is 3.18. The molecule has 1 aromatic rings. The molecule has 5 nitrogen and oxygen atoms in total. The van der Waals surface area contributed by atoms with Crippen LogP contribution in [0.5, 0.6) is 0 Å². The van der Waals surface area contributed by atoms with Gasteiger partial charge in [0.05, 0.1) is 16.8 Å². The third kappa shape index (κ3) is 7.47. The first-order valence-electron chi connectivity index (χ1n) is 12.2. The fourth-order valence-electron chi connectivity index (χ4n) is 4.26. The van der Waals surface area contributed by atoms with Gasteiger partial charge in [-0.2, -0.15) is 0 Å². The Balaban J connectivity index is 2.38. The van der Waals surface area contributed by atoms with Crippen molar-refractivity contribution in [3.05, 3.63) is 45.5 Å². The Hall–Kier alpha value is -2.05. The summed E-state index contributed by atoms with van der Waals surface area (Å²) in [6, 6.07) is 0. The Morgan fingerprint density at radius 3 is 2.50 bits per heavy atom. The Bertz CT molecular complexity index is 955. The van der Waals surface area contributed by atoms with E-state index in [0.717, 1.165) is 21.8 Å². The van der Waals surface area contributed by atoms with Crippen LogP contribution >= 0.6 is 11.3 Å². The van der Waals surface area contributed by atoms with Crippen molar-refractivity contribution in [1.82, 2.24) is 4.98 Å². The molecule has 0 fully saturated rings. The Morgan fingerprint density at radius 1 is 1.21 bits per heavy atom. The lowest BCUT2D eigenvalue weighted by molar-refractivity contribution is -0.150. The monoisotopic (exact) mass is 487 g/mol. The minimum absolute atomic E-state index is 0.0224. The van der Waals surface area contributed by atoms with Crippen LogP contribution in [0.4, 0.5) is 0 Å². The smallest absolute Gasteiger partial charge is 0.306 e. The van der Waals surface area contributed by atoms with Gasteiger partial charge in [-0.25, -0.2) is 4.98 Å². The summed E-state index contributed by atoms with van der Waals surface area (Å²) in [4.78, 5) is 30.8. The molecule has 2 heterocycles. The second-order valence-corrected chi connectivity index (χ2v) is 11.5. The molecule has 188 valence electrons. The highest BCUT2D eigenvalue weighted by molar-refractivity contribution is 7.09. The van der Waals surface area contributed by atoms with E-state index in [1.165, 1.54) is 0 Å². The summed E-state index contributed by atoms with van der Waals surface area (Å²) < 4.78 is 5.94. The molecule has 0 unspecified atom stereocenters. The number of ketones is 1. The average molecular weight is 488 g/mol. The number of aliphatic hydroxyl groups is 1. The molecule has 1 aliphatic heterocycles. The lowest BCUT2D eigenvalue weighted by Crippen LogP contribution is -2.42. The number of thiazole rings is 1. The van der Waals surface area contributed by atoms with Crippen molar-refractivity contribution in [3.8, 4) is 0 Å². The lowest BCUT2D eigenvalue weighted by Gasteiger charge is -2.35. The minimum atomic E-state index is -0.763. The third-order valence-electron chi connectivity index (χ3n) is 7.19. The van der Waals surface area contributed by atoms with Crippen molar-refractivity contribution < 1.29 is 19.4 Å². The van der Waals surface area contributed by atoms with Crippen LogP contribution < -0.4 is 0 Å². The second-order valence-electron chi connectivity index (χ2n) is 10.4. The van der Waals surface area contributed by atoms with Crippen molar-refractivity contribution in [2.45, 2.75) is 86.9 Å². The fraction of sp³-hybridized carbons (Fsp3) is 0.607. The molecule has 0 saturated heterocycles. The molecule has 1 N–H and O–H groups in total. The van der Waals surface area contributed by atoms with E-state index in [0.29, 0.717) is 12.8 Å². The Labute approximate surface area is 209 Å². The van der Waals surface area contributed by atoms with Crippen LogP contribution in [0.3, 0.4) is 0 Å². The molecule has 1 aromatic heterocycles. The molecular weight excluding hydrogens is 446 g/mol. The van der Waals surface area contributed by atoms with E-state index in [1.54, 1.807) is 18.3 Å². The van der Waals surface area contributed by atoms with Crippen molar-refractivity contribution in [2.75, 3.05) is 0 Å². The zero-order valence-corrected chi connectivity index (χ0v) is 22.7. The minimum Gasteiger partial charge on any atom is -0.457 e. The first kappa shape index (κ1) is 28.2. The lowest BCUT2D eigenvalue weighted by atomic mass is 9.69. The van der Waals surface area contributed by atoms with Gasteiger partial charge in [-0.05, 0) is 50.7 Å². The van der Waals surface area contributed by atoms with E-state index in [4.69, 9.17) is 4.74 Å². The summed E-state index contributed by atoms with van der Waals surface area (Å²) in [5.74, 6) is -1.14. The highest BCUT2D eigenvalue weighted by Crippen LogP contribution is 2.35. The van der Waals surface area contributed by atoms with Gasteiger partial charge in [0.1, 0.15) is 11.9 Å². The van der Waals surface area contributed by atoms with Gasteiger partial charge in [0.15, 0.2) is 0 Å². The molecule has 1 aliphatic rings. The Morgan fingerprint density at radius 2 is 1.88 bits per heavy atom. The van der Waals surface area contributed by atoms with Crippen LogP contribution in [0, 0.1) is 30.1 Å². The summed E-state index contributed by atoms with van der Waals surface area (Å²) in [5.41, 5.74) is 2.10. The molecule has 6 heteroatoms. The summed E-state index contributed by atoms with van der Waals surface area (Å²) in [7, 11) is 0. The van der Waals surface area contributed by atoms with Gasteiger partial charge < -0.3 is 9.84 Å². The van der Waals surface area contributed by atoms with Gasteiger partial charge in [0.2, 0.25) is 0 Å². The number of aliphatic hydroxyl groups excluding tert-OH is 1. The van der Waals surface area contributed by atoms with Crippen LogP contribution in [-0.2, 0) is 14.3 Å². The van der Waals surface area contributed by atoms with Crippen LogP contribution in [0.25, 0.3) is 6.08 Å². The van der Waals surface area contributed by atoms with E-state index in [9.17, 15) is 14.7 Å². The first-order chi connectivity index (χ1) is 15.8. The van der Waals surface area contributed by atoms with Crippen molar-refractivity contribution in [1.29, 1.82) is 0 Å². The molecule has 0 amide bonds. The normalized spacial score (nSPS) is 32.6. The number of hydrogen-bond acceptors (Lipinski definition) is 6. The number of carbonyl (C=O) groups excluding carboxylic acids is 2. The topological polar surface area (TPSA) is 76.5 Å². The largest absolute Gasteiger partial charge is 0.457 e. The van der Waals surface area contributed by atoms with E-state index >= 15 is 0 Å². The van der Waals surface area contributed by atoms with Crippen molar-refractivity contribution in [2.24, 2.45) is 23.2 Å². The number of ether oxygens (including phenoxy) is 1. The molecule has 2 rings (SSSR count). The van der Waals surface area contributed by atoms with Gasteiger partial charge in [-0.15, -0.1) is 11.3 Å². The standard InChI is InChI=1S/C28H41NO4S/c1-17-10-9-11-18(2)26(31)21(5)27(32)28(7,8)20(4)15-25(30)33-24(13-12-17)19(3)14-23-16-34-22(6)29-23/h9-10,12,14,16,18,20-21,24,26,31H,11,13,15H2,1-8H3/b10-9+,17-12-,19-14+/t18-,20-,21+,24-,26-/m0/s1. The maximum Gasteiger partial charge on any atom is 0.306 e. The predicted molar refractivity (Wildman–Crippen MR) is 139 cm³/mol. The van der Waals surface area contributed by atoms with E-state index in [-0.39, 0.29) is 30.0 Å². The summed E-state index contributed by atoms with van der Waals surface area (Å²) >= 11 is 1.59. The fourth-order valence-corrected chi connectivity index (χ4v) is 4.83. The zero-order chi connectivity index (χ0) is 25.6. The van der Waals surface area contributed by atoms with Crippen molar-refractivity contribution in [3.63, 3.8) is 0 Å². The molecule has 0 aromatic carbocycles.